The second kappa shape index (κ2) is 8.91. The van der Waals surface area contributed by atoms with Crippen molar-refractivity contribution in [1.29, 1.82) is 0 Å². The standard InChI is InChI=1S/C21H26N6O2/c1-26-15-16(18-4-2-3-5-19(18)26)12-21(28)23-7-6-22-20-13-17(14-24-25-20)27-8-10-29-11-9-27/h2-5,13-15H,6-12H2,1H3,(H,22,25)(H,23,28). The fourth-order valence-corrected chi connectivity index (χ4v) is 3.63. The SMILES string of the molecule is Cn1cc(CC(=O)NCCNc2cc(N3CCOCC3)cnn2)c2ccccc21. The molecule has 0 saturated carbocycles. The van der Waals surface area contributed by atoms with Crippen LogP contribution in [0.3, 0.4) is 0 Å². The molecular weight excluding hydrogens is 368 g/mol. The Morgan fingerprint density at radius 3 is 2.90 bits per heavy atom. The van der Waals surface area contributed by atoms with Crippen molar-refractivity contribution in [3.8, 4) is 0 Å². The molecular formula is C21H26N6O2. The maximum absolute atomic E-state index is 12.3. The summed E-state index contributed by atoms with van der Waals surface area (Å²) in [4.78, 5) is 14.6. The maximum Gasteiger partial charge on any atom is 0.224 e. The van der Waals surface area contributed by atoms with Gasteiger partial charge in [0.1, 0.15) is 0 Å². The van der Waals surface area contributed by atoms with E-state index >= 15 is 0 Å². The van der Waals surface area contributed by atoms with Crippen molar-refractivity contribution in [3.05, 3.63) is 48.3 Å². The van der Waals surface area contributed by atoms with Crippen molar-refractivity contribution in [2.75, 3.05) is 49.6 Å². The minimum atomic E-state index is 0.0105. The molecule has 3 heterocycles. The first-order valence-corrected chi connectivity index (χ1v) is 9.89. The summed E-state index contributed by atoms with van der Waals surface area (Å²) < 4.78 is 7.44. The van der Waals surface area contributed by atoms with E-state index < -0.39 is 0 Å². The van der Waals surface area contributed by atoms with Crippen LogP contribution in [0.5, 0.6) is 0 Å². The topological polar surface area (TPSA) is 84.3 Å². The molecule has 1 amide bonds. The van der Waals surface area contributed by atoms with Crippen LogP contribution in [0.15, 0.2) is 42.7 Å². The summed E-state index contributed by atoms with van der Waals surface area (Å²) in [5.41, 5.74) is 3.21. The Labute approximate surface area is 169 Å². The van der Waals surface area contributed by atoms with Gasteiger partial charge in [0, 0.05) is 56.4 Å². The van der Waals surface area contributed by atoms with Crippen LogP contribution in [0.25, 0.3) is 10.9 Å². The molecule has 1 aromatic carbocycles. The molecule has 2 N–H and O–H groups in total. The Kier molecular flexibility index (Phi) is 5.90. The molecule has 0 unspecified atom stereocenters. The smallest absolute Gasteiger partial charge is 0.224 e. The van der Waals surface area contributed by atoms with Gasteiger partial charge in [-0.05, 0) is 11.6 Å². The minimum Gasteiger partial charge on any atom is -0.378 e. The van der Waals surface area contributed by atoms with Crippen molar-refractivity contribution in [2.24, 2.45) is 7.05 Å². The highest BCUT2D eigenvalue weighted by Gasteiger charge is 2.13. The van der Waals surface area contributed by atoms with Gasteiger partial charge in [0.2, 0.25) is 5.91 Å². The van der Waals surface area contributed by atoms with Crippen LogP contribution < -0.4 is 15.5 Å². The Balaban J connectivity index is 1.25. The number of para-hydroxylation sites is 1. The fraction of sp³-hybridized carbons (Fsp3) is 0.381. The number of aryl methyl sites for hydroxylation is 1. The third-order valence-electron chi connectivity index (χ3n) is 5.10. The average Bonchev–Trinajstić information content (AvgIpc) is 3.08. The lowest BCUT2D eigenvalue weighted by Crippen LogP contribution is -2.36. The van der Waals surface area contributed by atoms with Gasteiger partial charge in [-0.25, -0.2) is 0 Å². The van der Waals surface area contributed by atoms with E-state index in [1.54, 1.807) is 6.20 Å². The molecule has 0 aliphatic carbocycles. The number of fused-ring (bicyclic) bond motifs is 1. The van der Waals surface area contributed by atoms with Gasteiger partial charge in [0.05, 0.1) is 31.5 Å². The monoisotopic (exact) mass is 394 g/mol. The summed E-state index contributed by atoms with van der Waals surface area (Å²) in [6.07, 6.45) is 4.16. The van der Waals surface area contributed by atoms with E-state index in [0.717, 1.165) is 48.5 Å². The Morgan fingerprint density at radius 2 is 2.03 bits per heavy atom. The molecule has 1 fully saturated rings. The van der Waals surface area contributed by atoms with Crippen molar-refractivity contribution in [2.45, 2.75) is 6.42 Å². The molecule has 8 heteroatoms. The van der Waals surface area contributed by atoms with Gasteiger partial charge in [-0.2, -0.15) is 5.10 Å². The summed E-state index contributed by atoms with van der Waals surface area (Å²) in [7, 11) is 2.00. The quantitative estimate of drug-likeness (QED) is 0.592. The summed E-state index contributed by atoms with van der Waals surface area (Å²) >= 11 is 0. The number of rotatable bonds is 7. The van der Waals surface area contributed by atoms with Crippen LogP contribution in [0, 0.1) is 0 Å². The maximum atomic E-state index is 12.3. The number of benzene rings is 1. The van der Waals surface area contributed by atoms with E-state index in [2.05, 4.69) is 42.4 Å². The normalized spacial score (nSPS) is 14.2. The first-order chi connectivity index (χ1) is 14.2. The van der Waals surface area contributed by atoms with Crippen LogP contribution in [0.2, 0.25) is 0 Å². The highest BCUT2D eigenvalue weighted by Crippen LogP contribution is 2.20. The zero-order valence-corrected chi connectivity index (χ0v) is 16.6. The largest absolute Gasteiger partial charge is 0.378 e. The van der Waals surface area contributed by atoms with Crippen LogP contribution in [-0.2, 0) is 23.0 Å². The van der Waals surface area contributed by atoms with Gasteiger partial charge in [0.15, 0.2) is 5.82 Å². The fourth-order valence-electron chi connectivity index (χ4n) is 3.63. The van der Waals surface area contributed by atoms with E-state index in [4.69, 9.17) is 4.74 Å². The van der Waals surface area contributed by atoms with Gasteiger partial charge >= 0.3 is 0 Å². The van der Waals surface area contributed by atoms with Gasteiger partial charge in [-0.1, -0.05) is 18.2 Å². The molecule has 1 aliphatic rings. The predicted octanol–water partition coefficient (Wildman–Crippen LogP) is 1.58. The van der Waals surface area contributed by atoms with Crippen molar-refractivity contribution < 1.29 is 9.53 Å². The van der Waals surface area contributed by atoms with Crippen molar-refractivity contribution in [1.82, 2.24) is 20.1 Å². The highest BCUT2D eigenvalue weighted by atomic mass is 16.5. The molecule has 0 radical (unpaired) electrons. The van der Waals surface area contributed by atoms with Crippen LogP contribution in [0.4, 0.5) is 11.5 Å². The summed E-state index contributed by atoms with van der Waals surface area (Å²) in [6, 6.07) is 10.1. The number of nitrogens with one attached hydrogen (secondary N) is 2. The number of aromatic nitrogens is 3. The number of hydrogen-bond donors (Lipinski definition) is 2. The number of carbonyl (C=O) groups excluding carboxylic acids is 1. The third kappa shape index (κ3) is 4.65. The molecule has 0 atom stereocenters. The van der Waals surface area contributed by atoms with E-state index in [1.165, 1.54) is 0 Å². The number of anilines is 2. The Morgan fingerprint density at radius 1 is 1.21 bits per heavy atom. The van der Waals surface area contributed by atoms with Gasteiger partial charge < -0.3 is 24.8 Å². The molecule has 1 saturated heterocycles. The lowest BCUT2D eigenvalue weighted by molar-refractivity contribution is -0.120. The summed E-state index contributed by atoms with van der Waals surface area (Å²) in [6.45, 7) is 4.28. The van der Waals surface area contributed by atoms with Crippen molar-refractivity contribution >= 4 is 28.3 Å². The van der Waals surface area contributed by atoms with Crippen LogP contribution in [0.1, 0.15) is 5.56 Å². The molecule has 152 valence electrons. The van der Waals surface area contributed by atoms with Gasteiger partial charge in [0.25, 0.3) is 0 Å². The zero-order valence-electron chi connectivity index (χ0n) is 16.6. The lowest BCUT2D eigenvalue weighted by atomic mass is 10.1. The molecule has 0 bridgehead atoms. The van der Waals surface area contributed by atoms with Gasteiger partial charge in [-0.3, -0.25) is 4.79 Å². The molecule has 29 heavy (non-hydrogen) atoms. The number of morpholine rings is 1. The number of hydrogen-bond acceptors (Lipinski definition) is 6. The van der Waals surface area contributed by atoms with Crippen LogP contribution >= 0.6 is 0 Å². The van der Waals surface area contributed by atoms with Crippen LogP contribution in [-0.4, -0.2) is 60.1 Å². The lowest BCUT2D eigenvalue weighted by Gasteiger charge is -2.28. The highest BCUT2D eigenvalue weighted by molar-refractivity contribution is 5.89. The average molecular weight is 394 g/mol. The molecule has 0 spiro atoms. The Hall–Kier alpha value is -3.13. The van der Waals surface area contributed by atoms with Crippen molar-refractivity contribution in [3.63, 3.8) is 0 Å². The molecule has 8 nitrogen and oxygen atoms in total. The first-order valence-electron chi connectivity index (χ1n) is 9.89. The number of ether oxygens (including phenoxy) is 1. The molecule has 2 aromatic heterocycles. The van der Waals surface area contributed by atoms with E-state index in [9.17, 15) is 4.79 Å². The van der Waals surface area contributed by atoms with Gasteiger partial charge in [-0.15, -0.1) is 5.10 Å². The third-order valence-corrected chi connectivity index (χ3v) is 5.10. The minimum absolute atomic E-state index is 0.0105. The number of nitrogens with zero attached hydrogens (tertiary/aromatic N) is 4. The summed E-state index contributed by atoms with van der Waals surface area (Å²) in [5.74, 6) is 0.716. The molecule has 3 aromatic rings. The van der Waals surface area contributed by atoms with E-state index in [1.807, 2.05) is 31.4 Å². The summed E-state index contributed by atoms with van der Waals surface area (Å²) in [5, 5.41) is 15.5. The zero-order chi connectivity index (χ0) is 20.1. The predicted molar refractivity (Wildman–Crippen MR) is 113 cm³/mol. The number of carbonyl (C=O) groups is 1. The second-order valence-corrected chi connectivity index (χ2v) is 7.13. The van der Waals surface area contributed by atoms with E-state index in [0.29, 0.717) is 25.3 Å². The molecule has 4 rings (SSSR count). The second-order valence-electron chi connectivity index (χ2n) is 7.13. The first kappa shape index (κ1) is 19.2. The Bertz CT molecular complexity index is 980. The number of amides is 1. The van der Waals surface area contributed by atoms with E-state index in [-0.39, 0.29) is 5.91 Å². The molecule has 1 aliphatic heterocycles.